The van der Waals surface area contributed by atoms with Crippen molar-refractivity contribution in [2.24, 2.45) is 0 Å². The van der Waals surface area contributed by atoms with Crippen molar-refractivity contribution in [2.75, 3.05) is 12.4 Å². The monoisotopic (exact) mass is 290 g/mol. The van der Waals surface area contributed by atoms with Crippen LogP contribution >= 0.6 is 11.6 Å². The summed E-state index contributed by atoms with van der Waals surface area (Å²) in [5.41, 5.74) is 2.79. The van der Waals surface area contributed by atoms with Crippen molar-refractivity contribution in [1.29, 1.82) is 0 Å². The number of amides is 1. The van der Waals surface area contributed by atoms with Crippen molar-refractivity contribution in [3.8, 4) is 5.75 Å². The van der Waals surface area contributed by atoms with Crippen molar-refractivity contribution in [3.63, 3.8) is 0 Å². The van der Waals surface area contributed by atoms with Crippen molar-refractivity contribution >= 4 is 23.2 Å². The number of benzene rings is 1. The summed E-state index contributed by atoms with van der Waals surface area (Å²) in [5.74, 6) is 0.298. The summed E-state index contributed by atoms with van der Waals surface area (Å²) in [5, 5.41) is 3.21. The number of methoxy groups -OCH3 is 1. The number of ether oxygens (including phenoxy) is 1. The van der Waals surface area contributed by atoms with Crippen LogP contribution in [0, 0.1) is 13.8 Å². The molecule has 1 amide bonds. The number of nitrogens with zero attached hydrogens (tertiary/aromatic N) is 1. The van der Waals surface area contributed by atoms with Gasteiger partial charge in [0.25, 0.3) is 5.91 Å². The first-order valence-electron chi connectivity index (χ1n) is 6.10. The third kappa shape index (κ3) is 3.27. The van der Waals surface area contributed by atoms with E-state index in [9.17, 15) is 4.79 Å². The van der Waals surface area contributed by atoms with Gasteiger partial charge in [-0.3, -0.25) is 4.79 Å². The van der Waals surface area contributed by atoms with Crippen molar-refractivity contribution < 1.29 is 9.53 Å². The first kappa shape index (κ1) is 14.3. The average Bonchev–Trinajstić information content (AvgIpc) is 2.37. The van der Waals surface area contributed by atoms with Crippen molar-refractivity contribution in [2.45, 2.75) is 13.8 Å². The normalized spacial score (nSPS) is 10.2. The molecule has 0 bridgehead atoms. The number of aryl methyl sites for hydroxylation is 2. The average molecular weight is 291 g/mol. The molecule has 5 heteroatoms. The minimum atomic E-state index is -0.266. The number of nitrogens with one attached hydrogen (secondary N) is 1. The maximum atomic E-state index is 12.1. The zero-order valence-corrected chi connectivity index (χ0v) is 12.3. The van der Waals surface area contributed by atoms with Crippen LogP contribution in [0.2, 0.25) is 5.02 Å². The number of hydrogen-bond acceptors (Lipinski definition) is 3. The summed E-state index contributed by atoms with van der Waals surface area (Å²) in [6.45, 7) is 3.78. The molecule has 0 saturated heterocycles. The maximum absolute atomic E-state index is 12.1. The molecule has 1 aromatic carbocycles. The van der Waals surface area contributed by atoms with Gasteiger partial charge in [-0.25, -0.2) is 4.98 Å². The van der Waals surface area contributed by atoms with Crippen LogP contribution in [-0.4, -0.2) is 18.0 Å². The van der Waals surface area contributed by atoms with E-state index in [4.69, 9.17) is 16.3 Å². The molecule has 0 radical (unpaired) electrons. The van der Waals surface area contributed by atoms with Crippen LogP contribution < -0.4 is 10.1 Å². The van der Waals surface area contributed by atoms with Gasteiger partial charge in [-0.15, -0.1) is 0 Å². The van der Waals surface area contributed by atoms with Gasteiger partial charge >= 0.3 is 0 Å². The number of carbonyl (C=O) groups excluding carboxylic acids is 1. The Morgan fingerprint density at radius 3 is 2.60 bits per heavy atom. The molecule has 104 valence electrons. The first-order valence-corrected chi connectivity index (χ1v) is 6.47. The maximum Gasteiger partial charge on any atom is 0.274 e. The second-order valence-electron chi connectivity index (χ2n) is 4.47. The molecular weight excluding hydrogens is 276 g/mol. The van der Waals surface area contributed by atoms with E-state index in [2.05, 4.69) is 10.3 Å². The fourth-order valence-electron chi connectivity index (χ4n) is 1.90. The Bertz CT molecular complexity index is 636. The second-order valence-corrected chi connectivity index (χ2v) is 4.88. The summed E-state index contributed by atoms with van der Waals surface area (Å²) in [7, 11) is 1.54. The lowest BCUT2D eigenvalue weighted by Gasteiger charge is -2.08. The SMILES string of the molecule is COc1ccc(NC(=O)c2cc(C)cc(C)n2)cc1Cl. The summed E-state index contributed by atoms with van der Waals surface area (Å²) in [6, 6.07) is 8.73. The van der Waals surface area contributed by atoms with Gasteiger partial charge in [0.05, 0.1) is 12.1 Å². The fraction of sp³-hybridized carbons (Fsp3) is 0.200. The molecule has 0 aliphatic carbocycles. The van der Waals surface area contributed by atoms with Gasteiger partial charge in [0, 0.05) is 11.4 Å². The lowest BCUT2D eigenvalue weighted by atomic mass is 10.2. The van der Waals surface area contributed by atoms with Gasteiger partial charge in [-0.05, 0) is 49.7 Å². The number of anilines is 1. The minimum absolute atomic E-state index is 0.266. The minimum Gasteiger partial charge on any atom is -0.495 e. The Morgan fingerprint density at radius 1 is 1.25 bits per heavy atom. The van der Waals surface area contributed by atoms with Crippen LogP contribution in [0.5, 0.6) is 5.75 Å². The first-order chi connectivity index (χ1) is 9.49. The number of aromatic nitrogens is 1. The molecule has 0 atom stereocenters. The highest BCUT2D eigenvalue weighted by Gasteiger charge is 2.10. The summed E-state index contributed by atoms with van der Waals surface area (Å²) >= 11 is 6.02. The quantitative estimate of drug-likeness (QED) is 0.939. The molecule has 0 spiro atoms. The second kappa shape index (κ2) is 5.92. The lowest BCUT2D eigenvalue weighted by molar-refractivity contribution is 0.102. The fourth-order valence-corrected chi connectivity index (χ4v) is 2.15. The molecule has 0 aliphatic rings. The molecule has 4 nitrogen and oxygen atoms in total. The standard InChI is InChI=1S/C15H15ClN2O2/c1-9-6-10(2)17-13(7-9)15(19)18-11-4-5-14(20-3)12(16)8-11/h4-8H,1-3H3,(H,18,19). The number of hydrogen-bond donors (Lipinski definition) is 1. The Balaban J connectivity index is 2.21. The molecule has 0 saturated carbocycles. The third-order valence-electron chi connectivity index (χ3n) is 2.74. The van der Waals surface area contributed by atoms with E-state index in [1.165, 1.54) is 0 Å². The number of halogens is 1. The van der Waals surface area contributed by atoms with Gasteiger partial charge in [0.15, 0.2) is 0 Å². The van der Waals surface area contributed by atoms with Crippen molar-refractivity contribution in [1.82, 2.24) is 4.98 Å². The molecule has 2 rings (SSSR count). The Kier molecular flexibility index (Phi) is 4.25. The van der Waals surface area contributed by atoms with E-state index in [1.807, 2.05) is 19.9 Å². The largest absolute Gasteiger partial charge is 0.495 e. The van der Waals surface area contributed by atoms with Gasteiger partial charge < -0.3 is 10.1 Å². The predicted octanol–water partition coefficient (Wildman–Crippen LogP) is 3.61. The predicted molar refractivity (Wildman–Crippen MR) is 79.7 cm³/mol. The molecule has 2 aromatic rings. The smallest absolute Gasteiger partial charge is 0.274 e. The molecule has 1 N–H and O–H groups in total. The highest BCUT2D eigenvalue weighted by molar-refractivity contribution is 6.32. The Labute approximate surface area is 122 Å². The van der Waals surface area contributed by atoms with Crippen LogP contribution in [-0.2, 0) is 0 Å². The molecule has 0 fully saturated rings. The number of pyridine rings is 1. The van der Waals surface area contributed by atoms with Crippen LogP contribution in [0.15, 0.2) is 30.3 Å². The summed E-state index contributed by atoms with van der Waals surface area (Å²) < 4.78 is 5.06. The number of rotatable bonds is 3. The van der Waals surface area contributed by atoms with E-state index in [1.54, 1.807) is 31.4 Å². The van der Waals surface area contributed by atoms with Crippen molar-refractivity contribution in [3.05, 3.63) is 52.3 Å². The van der Waals surface area contributed by atoms with Crippen LogP contribution in [0.1, 0.15) is 21.7 Å². The van der Waals surface area contributed by atoms with Gasteiger partial charge in [0.2, 0.25) is 0 Å². The Hall–Kier alpha value is -2.07. The number of carbonyl (C=O) groups is 1. The molecule has 1 aromatic heterocycles. The van der Waals surface area contributed by atoms with E-state index in [0.29, 0.717) is 22.2 Å². The summed E-state index contributed by atoms with van der Waals surface area (Å²) in [4.78, 5) is 16.4. The highest BCUT2D eigenvalue weighted by Crippen LogP contribution is 2.27. The zero-order valence-electron chi connectivity index (χ0n) is 11.5. The van der Waals surface area contributed by atoms with Crippen LogP contribution in [0.4, 0.5) is 5.69 Å². The van der Waals surface area contributed by atoms with Crippen LogP contribution in [0.25, 0.3) is 0 Å². The molecule has 0 aliphatic heterocycles. The molecule has 20 heavy (non-hydrogen) atoms. The van der Waals surface area contributed by atoms with E-state index >= 15 is 0 Å². The molecule has 0 unspecified atom stereocenters. The van der Waals surface area contributed by atoms with Crippen LogP contribution in [0.3, 0.4) is 0 Å². The molecule has 1 heterocycles. The van der Waals surface area contributed by atoms with E-state index in [-0.39, 0.29) is 5.91 Å². The third-order valence-corrected chi connectivity index (χ3v) is 3.04. The van der Waals surface area contributed by atoms with Gasteiger partial charge in [-0.1, -0.05) is 11.6 Å². The van der Waals surface area contributed by atoms with E-state index in [0.717, 1.165) is 11.3 Å². The van der Waals surface area contributed by atoms with Gasteiger partial charge in [0.1, 0.15) is 11.4 Å². The van der Waals surface area contributed by atoms with Gasteiger partial charge in [-0.2, -0.15) is 0 Å². The lowest BCUT2D eigenvalue weighted by Crippen LogP contribution is -2.14. The topological polar surface area (TPSA) is 51.2 Å². The zero-order chi connectivity index (χ0) is 14.7. The Morgan fingerprint density at radius 2 is 2.00 bits per heavy atom. The summed E-state index contributed by atoms with van der Waals surface area (Å²) in [6.07, 6.45) is 0. The molecular formula is C15H15ClN2O2. The highest BCUT2D eigenvalue weighted by atomic mass is 35.5. The van der Waals surface area contributed by atoms with E-state index < -0.39 is 0 Å².